The molecule has 0 amide bonds. The van der Waals surface area contributed by atoms with Gasteiger partial charge in [0.15, 0.2) is 0 Å². The van der Waals surface area contributed by atoms with Gasteiger partial charge in [-0.2, -0.15) is 5.10 Å². The molecule has 0 atom stereocenters. The van der Waals surface area contributed by atoms with Crippen LogP contribution in [0.2, 0.25) is 10.0 Å². The molecule has 0 spiro atoms. The normalized spacial score (nSPS) is 14.0. The molecule has 4 aromatic rings. The third-order valence-electron chi connectivity index (χ3n) is 5.01. The Morgan fingerprint density at radius 3 is 2.86 bits per heavy atom. The topological polar surface area (TPSA) is 56.5 Å². The monoisotopic (exact) mass is 443 g/mol. The van der Waals surface area contributed by atoms with Gasteiger partial charge in [-0.25, -0.2) is 9.66 Å². The van der Waals surface area contributed by atoms with E-state index in [0.717, 1.165) is 42.4 Å². The van der Waals surface area contributed by atoms with E-state index in [1.165, 1.54) is 5.56 Å². The van der Waals surface area contributed by atoms with E-state index in [1.807, 2.05) is 24.3 Å². The first kappa shape index (κ1) is 18.6. The van der Waals surface area contributed by atoms with Crippen LogP contribution in [0, 0.1) is 4.64 Å². The zero-order valence-corrected chi connectivity index (χ0v) is 17.5. The highest BCUT2D eigenvalue weighted by Gasteiger charge is 2.20. The summed E-state index contributed by atoms with van der Waals surface area (Å²) in [6.07, 6.45) is 7.32. The van der Waals surface area contributed by atoms with Crippen molar-refractivity contribution < 1.29 is 8.83 Å². The smallest absolute Gasteiger partial charge is 0.231 e. The van der Waals surface area contributed by atoms with Crippen LogP contribution in [0.4, 0.5) is 0 Å². The summed E-state index contributed by atoms with van der Waals surface area (Å²) in [7, 11) is 0. The minimum atomic E-state index is 0.452. The molecule has 0 bridgehead atoms. The predicted octanol–water partition coefficient (Wildman–Crippen LogP) is 6.69. The number of rotatable bonds is 3. The van der Waals surface area contributed by atoms with Gasteiger partial charge in [-0.1, -0.05) is 41.5 Å². The Kier molecular flexibility index (Phi) is 4.78. The van der Waals surface area contributed by atoms with Gasteiger partial charge >= 0.3 is 0 Å². The SMILES string of the molecule is S=c1c2c3c(oc2ncn1N=Cc1ccc(-c2cccc(Cl)c2Cl)o1)CCCC3. The van der Waals surface area contributed by atoms with Crippen molar-refractivity contribution in [2.75, 3.05) is 0 Å². The van der Waals surface area contributed by atoms with Crippen LogP contribution in [0.15, 0.2) is 50.6 Å². The fourth-order valence-electron chi connectivity index (χ4n) is 3.60. The first-order valence-electron chi connectivity index (χ1n) is 9.22. The third kappa shape index (κ3) is 3.31. The second-order valence-corrected chi connectivity index (χ2v) is 8.01. The van der Waals surface area contributed by atoms with Gasteiger partial charge in [0.1, 0.15) is 28.2 Å². The molecule has 5 rings (SSSR count). The lowest BCUT2D eigenvalue weighted by Crippen LogP contribution is -2.00. The Labute approximate surface area is 181 Å². The maximum Gasteiger partial charge on any atom is 0.231 e. The van der Waals surface area contributed by atoms with Gasteiger partial charge in [0.25, 0.3) is 0 Å². The number of benzene rings is 1. The van der Waals surface area contributed by atoms with Gasteiger partial charge < -0.3 is 8.83 Å². The molecule has 3 aromatic heterocycles. The Hall–Kier alpha value is -2.41. The lowest BCUT2D eigenvalue weighted by atomic mass is 9.97. The summed E-state index contributed by atoms with van der Waals surface area (Å²) in [4.78, 5) is 4.39. The highest BCUT2D eigenvalue weighted by molar-refractivity contribution is 7.71. The van der Waals surface area contributed by atoms with Crippen LogP contribution >= 0.6 is 35.4 Å². The number of furan rings is 2. The molecular formula is C21H15Cl2N3O2S. The molecule has 0 N–H and O–H groups in total. The molecule has 0 fully saturated rings. The molecule has 3 heterocycles. The highest BCUT2D eigenvalue weighted by Crippen LogP contribution is 2.34. The summed E-state index contributed by atoms with van der Waals surface area (Å²) in [5, 5.41) is 6.25. The van der Waals surface area contributed by atoms with Crippen LogP contribution in [0.1, 0.15) is 29.9 Å². The molecule has 146 valence electrons. The zero-order valence-electron chi connectivity index (χ0n) is 15.2. The van der Waals surface area contributed by atoms with Gasteiger partial charge in [0, 0.05) is 17.5 Å². The van der Waals surface area contributed by atoms with E-state index >= 15 is 0 Å². The molecule has 0 radical (unpaired) electrons. The minimum Gasteiger partial charge on any atom is -0.455 e. The van der Waals surface area contributed by atoms with Crippen molar-refractivity contribution in [3.63, 3.8) is 0 Å². The first-order valence-corrected chi connectivity index (χ1v) is 10.4. The molecule has 1 aliphatic carbocycles. The Balaban J connectivity index is 1.49. The van der Waals surface area contributed by atoms with Crippen LogP contribution < -0.4 is 0 Å². The molecule has 1 aliphatic rings. The molecule has 0 saturated carbocycles. The molecule has 29 heavy (non-hydrogen) atoms. The quantitative estimate of drug-likeness (QED) is 0.261. The predicted molar refractivity (Wildman–Crippen MR) is 117 cm³/mol. The van der Waals surface area contributed by atoms with Crippen LogP contribution in [-0.2, 0) is 12.8 Å². The molecule has 5 nitrogen and oxygen atoms in total. The average molecular weight is 444 g/mol. The van der Waals surface area contributed by atoms with Gasteiger partial charge in [-0.05, 0) is 43.5 Å². The summed E-state index contributed by atoms with van der Waals surface area (Å²) in [6.45, 7) is 0. The molecule has 0 unspecified atom stereocenters. The van der Waals surface area contributed by atoms with Gasteiger partial charge in [0.2, 0.25) is 5.71 Å². The van der Waals surface area contributed by atoms with Crippen LogP contribution in [0.3, 0.4) is 0 Å². The van der Waals surface area contributed by atoms with E-state index < -0.39 is 0 Å². The summed E-state index contributed by atoms with van der Waals surface area (Å²) in [6, 6.07) is 9.05. The van der Waals surface area contributed by atoms with Gasteiger partial charge in [0.05, 0.1) is 21.6 Å². The summed E-state index contributed by atoms with van der Waals surface area (Å²) in [5.41, 5.74) is 2.48. The number of aromatic nitrogens is 2. The number of hydrogen-bond acceptors (Lipinski definition) is 5. The largest absolute Gasteiger partial charge is 0.455 e. The fourth-order valence-corrected chi connectivity index (χ4v) is 4.30. The highest BCUT2D eigenvalue weighted by atomic mass is 35.5. The van der Waals surface area contributed by atoms with E-state index in [1.54, 1.807) is 23.3 Å². The minimum absolute atomic E-state index is 0.452. The Morgan fingerprint density at radius 2 is 1.97 bits per heavy atom. The van der Waals surface area contributed by atoms with E-state index in [-0.39, 0.29) is 0 Å². The van der Waals surface area contributed by atoms with Crippen molar-refractivity contribution in [1.82, 2.24) is 9.66 Å². The van der Waals surface area contributed by atoms with Crippen molar-refractivity contribution in [3.05, 3.63) is 68.4 Å². The van der Waals surface area contributed by atoms with Crippen molar-refractivity contribution in [2.45, 2.75) is 25.7 Å². The van der Waals surface area contributed by atoms with Crippen LogP contribution in [-0.4, -0.2) is 15.9 Å². The Bertz CT molecular complexity index is 1320. The van der Waals surface area contributed by atoms with Crippen molar-refractivity contribution >= 4 is 52.7 Å². The lowest BCUT2D eigenvalue weighted by molar-refractivity contribution is 0.499. The summed E-state index contributed by atoms with van der Waals surface area (Å²) >= 11 is 18.0. The number of nitrogens with zero attached hydrogens (tertiary/aromatic N) is 3. The lowest BCUT2D eigenvalue weighted by Gasteiger charge is -2.08. The molecule has 8 heteroatoms. The third-order valence-corrected chi connectivity index (χ3v) is 6.22. The van der Waals surface area contributed by atoms with Crippen molar-refractivity contribution in [2.24, 2.45) is 5.10 Å². The van der Waals surface area contributed by atoms with Gasteiger partial charge in [-0.3, -0.25) is 0 Å². The van der Waals surface area contributed by atoms with E-state index in [9.17, 15) is 0 Å². The average Bonchev–Trinajstić information content (AvgIpc) is 3.34. The molecule has 0 saturated heterocycles. The summed E-state index contributed by atoms with van der Waals surface area (Å²) in [5.74, 6) is 2.17. The number of halogens is 2. The van der Waals surface area contributed by atoms with E-state index in [0.29, 0.717) is 31.9 Å². The molecular weight excluding hydrogens is 429 g/mol. The van der Waals surface area contributed by atoms with Crippen LogP contribution in [0.5, 0.6) is 0 Å². The Morgan fingerprint density at radius 1 is 1.10 bits per heavy atom. The van der Waals surface area contributed by atoms with Crippen molar-refractivity contribution in [3.8, 4) is 11.3 Å². The first-order chi connectivity index (χ1) is 14.1. The van der Waals surface area contributed by atoms with E-state index in [2.05, 4.69) is 10.1 Å². The second kappa shape index (κ2) is 7.44. The molecule has 1 aromatic carbocycles. The fraction of sp³-hybridized carbons (Fsp3) is 0.190. The second-order valence-electron chi connectivity index (χ2n) is 6.83. The van der Waals surface area contributed by atoms with E-state index in [4.69, 9.17) is 44.3 Å². The number of hydrogen-bond donors (Lipinski definition) is 0. The van der Waals surface area contributed by atoms with Crippen LogP contribution in [0.25, 0.3) is 22.4 Å². The van der Waals surface area contributed by atoms with Crippen molar-refractivity contribution in [1.29, 1.82) is 0 Å². The standard InChI is InChI=1S/C21H15Cl2N3O2S/c22-15-6-3-5-14(19(15)23)17-9-8-12(27-17)10-25-26-11-24-20-18(21(26)29)13-4-1-2-7-16(13)28-20/h3,5-6,8-11H,1-2,4,7H2. The maximum atomic E-state index is 6.27. The molecule has 0 aliphatic heterocycles. The maximum absolute atomic E-state index is 6.27. The number of aryl methyl sites for hydroxylation is 2. The van der Waals surface area contributed by atoms with Gasteiger partial charge in [-0.15, -0.1) is 0 Å². The summed E-state index contributed by atoms with van der Waals surface area (Å²) < 4.78 is 13.9. The number of fused-ring (bicyclic) bond motifs is 3. The zero-order chi connectivity index (χ0) is 20.0.